The average Bonchev–Trinajstić information content (AvgIpc) is 2.78. The molecule has 1 aromatic carbocycles. The molecule has 0 spiro atoms. The number of rotatable bonds is 5. The van der Waals surface area contributed by atoms with Crippen molar-refractivity contribution in [1.29, 1.82) is 0 Å². The van der Waals surface area contributed by atoms with Crippen molar-refractivity contribution in [2.45, 2.75) is 31.6 Å². The maximum atomic E-state index is 12.7. The van der Waals surface area contributed by atoms with Crippen LogP contribution in [0.2, 0.25) is 0 Å². The highest BCUT2D eigenvalue weighted by Crippen LogP contribution is 2.26. The summed E-state index contributed by atoms with van der Waals surface area (Å²) in [5.74, 6) is 0.856. The summed E-state index contributed by atoms with van der Waals surface area (Å²) in [5.41, 5.74) is 2.50. The van der Waals surface area contributed by atoms with Gasteiger partial charge in [-0.05, 0) is 37.0 Å². The summed E-state index contributed by atoms with van der Waals surface area (Å²) in [6, 6.07) is 15.2. The Labute approximate surface area is 169 Å². The predicted octanol–water partition coefficient (Wildman–Crippen LogP) is 3.17. The molecule has 1 aliphatic rings. The van der Waals surface area contributed by atoms with Gasteiger partial charge < -0.3 is 9.88 Å². The lowest BCUT2D eigenvalue weighted by Crippen LogP contribution is -2.40. The first kappa shape index (κ1) is 19.1. The molecule has 0 bridgehead atoms. The number of H-pyrrole nitrogens is 1. The highest BCUT2D eigenvalue weighted by molar-refractivity contribution is 5.76. The number of nitrogens with one attached hydrogen (secondary N) is 1. The van der Waals surface area contributed by atoms with Crippen LogP contribution in [0.4, 0.5) is 0 Å². The molecule has 4 rings (SSSR count). The highest BCUT2D eigenvalue weighted by atomic mass is 16.2. The Morgan fingerprint density at radius 2 is 1.93 bits per heavy atom. The summed E-state index contributed by atoms with van der Waals surface area (Å²) in [4.78, 5) is 38.4. The molecule has 2 aromatic heterocycles. The van der Waals surface area contributed by atoms with Crippen LogP contribution < -0.4 is 5.56 Å². The fraction of sp³-hybridized carbons (Fsp3) is 0.304. The lowest BCUT2D eigenvalue weighted by Gasteiger charge is -2.32. The summed E-state index contributed by atoms with van der Waals surface area (Å²) in [5, 5.41) is 0. The van der Waals surface area contributed by atoms with E-state index in [1.165, 1.54) is 11.6 Å². The highest BCUT2D eigenvalue weighted by Gasteiger charge is 2.26. The molecule has 0 radical (unpaired) electrons. The molecular formula is C23H24N4O2. The molecule has 3 heterocycles. The summed E-state index contributed by atoms with van der Waals surface area (Å²) in [6.07, 6.45) is 6.43. The molecule has 1 saturated heterocycles. The SMILES string of the molecule is O=C(CCc1ccccc1)N1CCC[C@@H](c2nc(-c3ccncc3)cc(=O)[nH]2)C1. The van der Waals surface area contributed by atoms with Crippen molar-refractivity contribution < 1.29 is 4.79 Å². The zero-order valence-corrected chi connectivity index (χ0v) is 16.3. The molecule has 6 nitrogen and oxygen atoms in total. The first-order valence-corrected chi connectivity index (χ1v) is 10.0. The molecule has 0 aliphatic carbocycles. The van der Waals surface area contributed by atoms with Gasteiger partial charge in [0.2, 0.25) is 5.91 Å². The van der Waals surface area contributed by atoms with E-state index in [2.05, 4.69) is 9.97 Å². The summed E-state index contributed by atoms with van der Waals surface area (Å²) in [6.45, 7) is 1.36. The smallest absolute Gasteiger partial charge is 0.251 e. The number of hydrogen-bond acceptors (Lipinski definition) is 4. The third-order valence-corrected chi connectivity index (χ3v) is 5.37. The standard InChI is InChI=1S/C23H24N4O2/c28-21-15-20(18-10-12-24-13-11-18)25-23(26-21)19-7-4-14-27(16-19)22(29)9-8-17-5-2-1-3-6-17/h1-3,5-6,10-13,15,19H,4,7-9,14,16H2,(H,25,26,28)/t19-/m1/s1. The molecule has 1 atom stereocenters. The quantitative estimate of drug-likeness (QED) is 0.728. The Hall–Kier alpha value is -3.28. The molecule has 0 saturated carbocycles. The van der Waals surface area contributed by atoms with Crippen molar-refractivity contribution in [3.05, 3.63) is 82.7 Å². The topological polar surface area (TPSA) is 79.0 Å². The summed E-state index contributed by atoms with van der Waals surface area (Å²) < 4.78 is 0. The second-order valence-corrected chi connectivity index (χ2v) is 7.42. The van der Waals surface area contributed by atoms with E-state index in [9.17, 15) is 9.59 Å². The van der Waals surface area contributed by atoms with Crippen LogP contribution in [-0.2, 0) is 11.2 Å². The maximum Gasteiger partial charge on any atom is 0.251 e. The van der Waals surface area contributed by atoms with Gasteiger partial charge >= 0.3 is 0 Å². The fourth-order valence-corrected chi connectivity index (χ4v) is 3.82. The van der Waals surface area contributed by atoms with Crippen molar-refractivity contribution in [1.82, 2.24) is 19.9 Å². The number of likely N-dealkylation sites (tertiary alicyclic amines) is 1. The third kappa shape index (κ3) is 4.77. The minimum Gasteiger partial charge on any atom is -0.342 e. The number of piperidine rings is 1. The second-order valence-electron chi connectivity index (χ2n) is 7.42. The van der Waals surface area contributed by atoms with Gasteiger partial charge in [0.05, 0.1) is 5.69 Å². The first-order valence-electron chi connectivity index (χ1n) is 10.0. The van der Waals surface area contributed by atoms with Gasteiger partial charge in [-0.2, -0.15) is 0 Å². The van der Waals surface area contributed by atoms with Crippen LogP contribution in [-0.4, -0.2) is 38.8 Å². The first-order chi connectivity index (χ1) is 14.2. The Kier molecular flexibility index (Phi) is 5.79. The minimum absolute atomic E-state index is 0.0407. The van der Waals surface area contributed by atoms with Gasteiger partial charge in [0.15, 0.2) is 0 Å². The van der Waals surface area contributed by atoms with Crippen molar-refractivity contribution in [2.75, 3.05) is 13.1 Å². The molecule has 1 amide bonds. The number of carbonyl (C=O) groups excluding carboxylic acids is 1. The zero-order valence-electron chi connectivity index (χ0n) is 16.3. The number of nitrogens with zero attached hydrogens (tertiary/aromatic N) is 3. The zero-order chi connectivity index (χ0) is 20.1. The third-order valence-electron chi connectivity index (χ3n) is 5.37. The van der Waals surface area contributed by atoms with Crippen molar-refractivity contribution >= 4 is 5.91 Å². The number of aromatic nitrogens is 3. The fourth-order valence-electron chi connectivity index (χ4n) is 3.82. The van der Waals surface area contributed by atoms with Gasteiger partial charge in [-0.25, -0.2) is 4.98 Å². The van der Waals surface area contributed by atoms with E-state index in [1.807, 2.05) is 47.4 Å². The van der Waals surface area contributed by atoms with E-state index in [1.54, 1.807) is 12.4 Å². The molecular weight excluding hydrogens is 364 g/mol. The summed E-state index contributed by atoms with van der Waals surface area (Å²) >= 11 is 0. The molecule has 6 heteroatoms. The monoisotopic (exact) mass is 388 g/mol. The van der Waals surface area contributed by atoms with Crippen LogP contribution in [0.15, 0.2) is 65.7 Å². The van der Waals surface area contributed by atoms with Crippen LogP contribution in [0.5, 0.6) is 0 Å². The Morgan fingerprint density at radius 1 is 1.14 bits per heavy atom. The van der Waals surface area contributed by atoms with E-state index in [0.717, 1.165) is 31.4 Å². The number of pyridine rings is 1. The normalized spacial score (nSPS) is 16.6. The number of aryl methyl sites for hydroxylation is 1. The largest absolute Gasteiger partial charge is 0.342 e. The van der Waals surface area contributed by atoms with E-state index in [4.69, 9.17) is 4.98 Å². The van der Waals surface area contributed by atoms with Crippen LogP contribution in [0.3, 0.4) is 0 Å². The summed E-state index contributed by atoms with van der Waals surface area (Å²) in [7, 11) is 0. The molecule has 1 N–H and O–H groups in total. The van der Waals surface area contributed by atoms with Crippen molar-refractivity contribution in [3.8, 4) is 11.3 Å². The van der Waals surface area contributed by atoms with Gasteiger partial charge in [0.25, 0.3) is 5.56 Å². The van der Waals surface area contributed by atoms with Gasteiger partial charge in [-0.1, -0.05) is 30.3 Å². The van der Waals surface area contributed by atoms with Crippen LogP contribution in [0, 0.1) is 0 Å². The molecule has 148 valence electrons. The van der Waals surface area contributed by atoms with Gasteiger partial charge in [0.1, 0.15) is 5.82 Å². The van der Waals surface area contributed by atoms with Crippen LogP contribution in [0.25, 0.3) is 11.3 Å². The Balaban J connectivity index is 1.46. The van der Waals surface area contributed by atoms with Crippen LogP contribution >= 0.6 is 0 Å². The van der Waals surface area contributed by atoms with E-state index < -0.39 is 0 Å². The predicted molar refractivity (Wildman–Crippen MR) is 111 cm³/mol. The van der Waals surface area contributed by atoms with E-state index >= 15 is 0 Å². The molecule has 0 unspecified atom stereocenters. The lowest BCUT2D eigenvalue weighted by atomic mass is 9.96. The van der Waals surface area contributed by atoms with Gasteiger partial charge in [0, 0.05) is 49.5 Å². The molecule has 1 fully saturated rings. The van der Waals surface area contributed by atoms with E-state index in [-0.39, 0.29) is 17.4 Å². The number of amides is 1. The van der Waals surface area contributed by atoms with Crippen molar-refractivity contribution in [3.63, 3.8) is 0 Å². The molecule has 1 aliphatic heterocycles. The maximum absolute atomic E-state index is 12.7. The number of carbonyl (C=O) groups is 1. The minimum atomic E-state index is -0.172. The lowest BCUT2D eigenvalue weighted by molar-refractivity contribution is -0.132. The van der Waals surface area contributed by atoms with E-state index in [0.29, 0.717) is 24.5 Å². The Morgan fingerprint density at radius 3 is 2.72 bits per heavy atom. The van der Waals surface area contributed by atoms with Crippen molar-refractivity contribution in [2.24, 2.45) is 0 Å². The number of hydrogen-bond donors (Lipinski definition) is 1. The van der Waals surface area contributed by atoms with Gasteiger partial charge in [-0.3, -0.25) is 14.6 Å². The van der Waals surface area contributed by atoms with Gasteiger partial charge in [-0.15, -0.1) is 0 Å². The Bertz CT molecular complexity index is 1020. The number of aromatic amines is 1. The molecule has 3 aromatic rings. The average molecular weight is 388 g/mol. The van der Waals surface area contributed by atoms with Crippen LogP contribution in [0.1, 0.15) is 36.6 Å². The second kappa shape index (κ2) is 8.82. The molecule has 29 heavy (non-hydrogen) atoms. The number of benzene rings is 1.